The lowest BCUT2D eigenvalue weighted by molar-refractivity contribution is -0.130. The number of aromatic amines is 1. The molecule has 1 N–H and O–H groups in total. The Morgan fingerprint density at radius 2 is 1.81 bits per heavy atom. The van der Waals surface area contributed by atoms with E-state index in [-0.39, 0.29) is 11.8 Å². The maximum Gasteiger partial charge on any atom is 0.251 e. The average Bonchev–Trinajstić information content (AvgIpc) is 3.24. The predicted octanol–water partition coefficient (Wildman–Crippen LogP) is 2.56. The molecule has 32 heavy (non-hydrogen) atoms. The molecule has 1 aliphatic heterocycles. The van der Waals surface area contributed by atoms with E-state index in [1.807, 2.05) is 54.3 Å². The van der Waals surface area contributed by atoms with Gasteiger partial charge in [-0.05, 0) is 36.8 Å². The van der Waals surface area contributed by atoms with E-state index in [1.165, 1.54) is 0 Å². The molecule has 1 aliphatic rings. The number of aromatic nitrogens is 3. The molecule has 0 unspecified atom stereocenters. The van der Waals surface area contributed by atoms with Crippen LogP contribution in [0, 0.1) is 0 Å². The monoisotopic (exact) mass is 432 g/mol. The largest absolute Gasteiger partial charge is 0.340 e. The number of para-hydroxylation sites is 1. The zero-order valence-electron chi connectivity index (χ0n) is 18.5. The third kappa shape index (κ3) is 4.86. The van der Waals surface area contributed by atoms with Crippen LogP contribution in [0.3, 0.4) is 0 Å². The summed E-state index contributed by atoms with van der Waals surface area (Å²) < 4.78 is 0. The summed E-state index contributed by atoms with van der Waals surface area (Å²) in [6.07, 6.45) is 3.35. The van der Waals surface area contributed by atoms with Crippen molar-refractivity contribution >= 4 is 34.1 Å². The molecule has 0 radical (unpaired) electrons. The molecular weight excluding hydrogens is 404 g/mol. The molecule has 4 rings (SSSR count). The summed E-state index contributed by atoms with van der Waals surface area (Å²) in [5.74, 6) is 0.0376. The van der Waals surface area contributed by atoms with Gasteiger partial charge in [0.25, 0.3) is 5.91 Å². The predicted molar refractivity (Wildman–Crippen MR) is 125 cm³/mol. The Bertz CT molecular complexity index is 1120. The van der Waals surface area contributed by atoms with E-state index in [4.69, 9.17) is 0 Å². The first kappa shape index (κ1) is 21.7. The number of carbonyl (C=O) groups is 2. The maximum absolute atomic E-state index is 13.3. The molecule has 0 saturated carbocycles. The summed E-state index contributed by atoms with van der Waals surface area (Å²) in [5.41, 5.74) is 3.10. The van der Waals surface area contributed by atoms with Crippen molar-refractivity contribution in [2.45, 2.75) is 13.8 Å². The Kier molecular flexibility index (Phi) is 6.61. The summed E-state index contributed by atoms with van der Waals surface area (Å²) in [5, 5.41) is 8.12. The van der Waals surface area contributed by atoms with Crippen LogP contribution in [-0.4, -0.2) is 76.1 Å². The lowest BCUT2D eigenvalue weighted by atomic mass is 10.1. The van der Waals surface area contributed by atoms with E-state index in [1.54, 1.807) is 24.1 Å². The van der Waals surface area contributed by atoms with Crippen molar-refractivity contribution in [1.82, 2.24) is 25.0 Å². The molecule has 0 spiro atoms. The third-order valence-corrected chi connectivity index (χ3v) is 5.86. The standard InChI is InChI=1S/C24H28N6O2/c1-18(23-21-9-6-10-25-24(21)27-26-23)17-22(32)30(20-7-4-3-5-8-20)16-13-28-11-14-29(15-12-28)19(2)31/h3-10,17H,11-16H2,1-2H3,(H,25,26,27)/b18-17+. The number of hydrogen-bond acceptors (Lipinski definition) is 5. The van der Waals surface area contributed by atoms with Gasteiger partial charge in [-0.25, -0.2) is 4.98 Å². The highest BCUT2D eigenvalue weighted by molar-refractivity contribution is 6.06. The number of allylic oxidation sites excluding steroid dienone is 1. The second-order valence-corrected chi connectivity index (χ2v) is 7.97. The summed E-state index contributed by atoms with van der Waals surface area (Å²) in [6.45, 7) is 7.93. The van der Waals surface area contributed by atoms with Crippen LogP contribution in [0.25, 0.3) is 16.6 Å². The highest BCUT2D eigenvalue weighted by atomic mass is 16.2. The molecule has 2 amide bonds. The van der Waals surface area contributed by atoms with E-state index >= 15 is 0 Å². The van der Waals surface area contributed by atoms with Crippen LogP contribution in [0.15, 0.2) is 54.7 Å². The van der Waals surface area contributed by atoms with Gasteiger partial charge in [-0.15, -0.1) is 0 Å². The zero-order chi connectivity index (χ0) is 22.5. The van der Waals surface area contributed by atoms with Gasteiger partial charge >= 0.3 is 0 Å². The third-order valence-electron chi connectivity index (χ3n) is 5.86. The van der Waals surface area contributed by atoms with Crippen molar-refractivity contribution in [3.63, 3.8) is 0 Å². The highest BCUT2D eigenvalue weighted by Gasteiger charge is 2.21. The maximum atomic E-state index is 13.3. The molecule has 0 aliphatic carbocycles. The van der Waals surface area contributed by atoms with Gasteiger partial charge in [-0.2, -0.15) is 5.10 Å². The quantitative estimate of drug-likeness (QED) is 0.605. The van der Waals surface area contributed by atoms with Crippen LogP contribution < -0.4 is 4.90 Å². The van der Waals surface area contributed by atoms with Crippen molar-refractivity contribution < 1.29 is 9.59 Å². The Labute approximate surface area is 187 Å². The summed E-state index contributed by atoms with van der Waals surface area (Å²) in [7, 11) is 0. The number of pyridine rings is 1. The van der Waals surface area contributed by atoms with E-state index in [9.17, 15) is 9.59 Å². The molecule has 8 heteroatoms. The topological polar surface area (TPSA) is 85.4 Å². The number of rotatable bonds is 6. The Morgan fingerprint density at radius 1 is 1.06 bits per heavy atom. The fourth-order valence-electron chi connectivity index (χ4n) is 3.99. The molecule has 3 heterocycles. The van der Waals surface area contributed by atoms with Crippen molar-refractivity contribution in [2.75, 3.05) is 44.2 Å². The minimum Gasteiger partial charge on any atom is -0.340 e. The molecule has 0 bridgehead atoms. The lowest BCUT2D eigenvalue weighted by Crippen LogP contribution is -2.50. The number of anilines is 1. The Morgan fingerprint density at radius 3 is 2.53 bits per heavy atom. The van der Waals surface area contributed by atoms with Crippen molar-refractivity contribution in [1.29, 1.82) is 0 Å². The zero-order valence-corrected chi connectivity index (χ0v) is 18.5. The lowest BCUT2D eigenvalue weighted by Gasteiger charge is -2.35. The number of nitrogens with zero attached hydrogens (tertiary/aromatic N) is 5. The Hall–Kier alpha value is -3.52. The molecule has 2 aromatic heterocycles. The van der Waals surface area contributed by atoms with Gasteiger partial charge in [0, 0.05) is 69.5 Å². The minimum atomic E-state index is -0.0808. The number of benzene rings is 1. The van der Waals surface area contributed by atoms with Gasteiger partial charge < -0.3 is 9.80 Å². The van der Waals surface area contributed by atoms with Gasteiger partial charge in [0.05, 0.1) is 5.69 Å². The van der Waals surface area contributed by atoms with Crippen molar-refractivity contribution in [3.8, 4) is 0 Å². The summed E-state index contributed by atoms with van der Waals surface area (Å²) in [6, 6.07) is 13.5. The molecule has 8 nitrogen and oxygen atoms in total. The first-order chi connectivity index (χ1) is 15.5. The van der Waals surface area contributed by atoms with E-state index in [2.05, 4.69) is 20.1 Å². The second kappa shape index (κ2) is 9.74. The van der Waals surface area contributed by atoms with Gasteiger partial charge in [-0.3, -0.25) is 19.6 Å². The normalized spacial score (nSPS) is 15.2. The highest BCUT2D eigenvalue weighted by Crippen LogP contribution is 2.22. The fourth-order valence-corrected chi connectivity index (χ4v) is 3.99. The molecule has 3 aromatic rings. The van der Waals surface area contributed by atoms with Gasteiger partial charge in [0.15, 0.2) is 5.65 Å². The molecular formula is C24H28N6O2. The van der Waals surface area contributed by atoms with Gasteiger partial charge in [0.1, 0.15) is 0 Å². The number of hydrogen-bond donors (Lipinski definition) is 1. The number of nitrogens with one attached hydrogen (secondary N) is 1. The number of amides is 2. The van der Waals surface area contributed by atoms with Crippen LogP contribution in [-0.2, 0) is 9.59 Å². The van der Waals surface area contributed by atoms with Crippen molar-refractivity contribution in [2.24, 2.45) is 0 Å². The smallest absolute Gasteiger partial charge is 0.251 e. The van der Waals surface area contributed by atoms with Crippen LogP contribution >= 0.6 is 0 Å². The molecule has 1 aromatic carbocycles. The van der Waals surface area contributed by atoms with E-state index < -0.39 is 0 Å². The van der Waals surface area contributed by atoms with Crippen molar-refractivity contribution in [3.05, 3.63) is 60.4 Å². The first-order valence-corrected chi connectivity index (χ1v) is 10.8. The van der Waals surface area contributed by atoms with Gasteiger partial charge in [0.2, 0.25) is 5.91 Å². The van der Waals surface area contributed by atoms with E-state index in [0.29, 0.717) is 12.2 Å². The SMILES string of the molecule is CC(=O)N1CCN(CCN(C(=O)/C=C(\C)c2[nH]nc3ncccc23)c2ccccc2)CC1. The minimum absolute atomic E-state index is 0.0808. The van der Waals surface area contributed by atoms with Crippen LogP contribution in [0.2, 0.25) is 0 Å². The number of piperazine rings is 1. The fraction of sp³-hybridized carbons (Fsp3) is 0.333. The summed E-state index contributed by atoms with van der Waals surface area (Å²) >= 11 is 0. The summed E-state index contributed by atoms with van der Waals surface area (Å²) in [4.78, 5) is 35.1. The van der Waals surface area contributed by atoms with Gasteiger partial charge in [-0.1, -0.05) is 18.2 Å². The number of carbonyl (C=O) groups excluding carboxylic acids is 2. The molecule has 1 fully saturated rings. The second-order valence-electron chi connectivity index (χ2n) is 7.97. The molecule has 1 saturated heterocycles. The molecule has 0 atom stereocenters. The van der Waals surface area contributed by atoms with E-state index in [0.717, 1.165) is 55.1 Å². The van der Waals surface area contributed by atoms with Crippen LogP contribution in [0.1, 0.15) is 19.5 Å². The Balaban J connectivity index is 1.50. The first-order valence-electron chi connectivity index (χ1n) is 10.8. The van der Waals surface area contributed by atoms with Crippen LogP contribution in [0.4, 0.5) is 5.69 Å². The number of fused-ring (bicyclic) bond motifs is 1. The average molecular weight is 433 g/mol. The van der Waals surface area contributed by atoms with Crippen LogP contribution in [0.5, 0.6) is 0 Å². The molecule has 166 valence electrons. The number of H-pyrrole nitrogens is 1.